The lowest BCUT2D eigenvalue weighted by atomic mass is 9.80. The Kier molecular flexibility index (Phi) is 10.5. The van der Waals surface area contributed by atoms with Crippen LogP contribution in [0.4, 0.5) is 26.3 Å². The zero-order chi connectivity index (χ0) is 31.1. The zero-order valence-corrected chi connectivity index (χ0v) is 22.2. The number of aliphatic carboxylic acids is 2. The first kappa shape index (κ1) is 32.7. The summed E-state index contributed by atoms with van der Waals surface area (Å²) in [4.78, 5) is 34.0. The monoisotopic (exact) mass is 620 g/mol. The second-order valence-corrected chi connectivity index (χ2v) is 9.71. The normalized spacial score (nSPS) is 18.3. The number of fused-ring (bicyclic) bond motifs is 2. The summed E-state index contributed by atoms with van der Waals surface area (Å²) < 4.78 is 69.4. The Morgan fingerprint density at radius 3 is 2.17 bits per heavy atom. The topological polar surface area (TPSA) is 126 Å². The van der Waals surface area contributed by atoms with Crippen LogP contribution in [-0.2, 0) is 32.9 Å². The number of aromatic nitrogens is 3. The summed E-state index contributed by atoms with van der Waals surface area (Å²) in [6, 6.07) is 12.0. The summed E-state index contributed by atoms with van der Waals surface area (Å²) >= 11 is 6.02. The SMILES string of the molecule is Clc1ccc(CN2CCC3(COCc4cnc(-c5cccnc5)nc43)C2)cc1.O=C(O)C(F)(F)F.O=C(O)C(F)(F)F. The van der Waals surface area contributed by atoms with Gasteiger partial charge in [0.1, 0.15) is 0 Å². The Bertz CT molecular complexity index is 1350. The number of likely N-dealkylation sites (tertiary alicyclic amines) is 1. The maximum Gasteiger partial charge on any atom is 0.490 e. The van der Waals surface area contributed by atoms with Crippen LogP contribution in [0.2, 0.25) is 5.02 Å². The van der Waals surface area contributed by atoms with Crippen molar-refractivity contribution < 1.29 is 50.9 Å². The number of rotatable bonds is 3. The highest BCUT2D eigenvalue weighted by Gasteiger charge is 2.45. The molecule has 3 aromatic rings. The fourth-order valence-electron chi connectivity index (χ4n) is 4.28. The van der Waals surface area contributed by atoms with E-state index >= 15 is 0 Å². The molecule has 226 valence electrons. The van der Waals surface area contributed by atoms with E-state index in [-0.39, 0.29) is 5.41 Å². The minimum absolute atomic E-state index is 0.0695. The van der Waals surface area contributed by atoms with Crippen molar-refractivity contribution in [1.82, 2.24) is 19.9 Å². The molecule has 4 heterocycles. The van der Waals surface area contributed by atoms with Crippen molar-refractivity contribution in [1.29, 1.82) is 0 Å². The first-order valence-corrected chi connectivity index (χ1v) is 12.4. The van der Waals surface area contributed by atoms with Gasteiger partial charge in [0.25, 0.3) is 0 Å². The molecule has 16 heteroatoms. The molecule has 2 aliphatic heterocycles. The fourth-order valence-corrected chi connectivity index (χ4v) is 4.41. The molecule has 2 N–H and O–H groups in total. The maximum atomic E-state index is 10.6. The molecule has 2 aliphatic rings. The van der Waals surface area contributed by atoms with E-state index in [0.717, 1.165) is 53.7 Å². The van der Waals surface area contributed by atoms with Crippen molar-refractivity contribution in [3.8, 4) is 11.4 Å². The van der Waals surface area contributed by atoms with Gasteiger partial charge in [-0.05, 0) is 42.8 Å². The van der Waals surface area contributed by atoms with E-state index < -0.39 is 24.3 Å². The van der Waals surface area contributed by atoms with Crippen molar-refractivity contribution in [2.75, 3.05) is 19.7 Å². The molecular weight excluding hydrogens is 598 g/mol. The zero-order valence-electron chi connectivity index (χ0n) is 21.5. The van der Waals surface area contributed by atoms with Gasteiger partial charge in [-0.2, -0.15) is 26.3 Å². The smallest absolute Gasteiger partial charge is 0.475 e. The first-order chi connectivity index (χ1) is 19.6. The minimum Gasteiger partial charge on any atom is -0.475 e. The highest BCUT2D eigenvalue weighted by atomic mass is 35.5. The van der Waals surface area contributed by atoms with Gasteiger partial charge in [-0.15, -0.1) is 0 Å². The number of benzene rings is 1. The average molecular weight is 621 g/mol. The molecule has 0 saturated carbocycles. The summed E-state index contributed by atoms with van der Waals surface area (Å²) in [6.45, 7) is 4.17. The Labute approximate surface area is 239 Å². The van der Waals surface area contributed by atoms with Gasteiger partial charge in [0.05, 0.1) is 24.3 Å². The van der Waals surface area contributed by atoms with Crippen molar-refractivity contribution in [2.24, 2.45) is 0 Å². The lowest BCUT2D eigenvalue weighted by molar-refractivity contribution is -0.193. The van der Waals surface area contributed by atoms with Crippen molar-refractivity contribution >= 4 is 23.5 Å². The third kappa shape index (κ3) is 8.84. The standard InChI is InChI=1S/C22H21ClN4O.2C2HF3O2/c23-19-5-3-16(4-6-19)12-27-9-7-22(14-27)15-28-13-18-11-25-21(26-20(18)22)17-2-1-8-24-10-17;2*3-2(4,5)1(6)7/h1-6,8,10-11H,7,9,12-15H2;2*(H,6,7). The molecule has 1 spiro atoms. The maximum absolute atomic E-state index is 10.6. The first-order valence-electron chi connectivity index (χ1n) is 12.0. The van der Waals surface area contributed by atoms with Crippen LogP contribution in [0.3, 0.4) is 0 Å². The van der Waals surface area contributed by atoms with Crippen LogP contribution in [0, 0.1) is 0 Å². The van der Waals surface area contributed by atoms with E-state index in [1.54, 1.807) is 6.20 Å². The molecule has 0 aliphatic carbocycles. The summed E-state index contributed by atoms with van der Waals surface area (Å²) in [7, 11) is 0. The Morgan fingerprint density at radius 1 is 1.00 bits per heavy atom. The molecule has 1 atom stereocenters. The van der Waals surface area contributed by atoms with E-state index in [1.165, 1.54) is 5.56 Å². The molecule has 2 aromatic heterocycles. The second-order valence-electron chi connectivity index (χ2n) is 9.28. The third-order valence-corrected chi connectivity index (χ3v) is 6.41. The van der Waals surface area contributed by atoms with Crippen LogP contribution in [0.25, 0.3) is 11.4 Å². The van der Waals surface area contributed by atoms with Gasteiger partial charge in [-0.3, -0.25) is 9.88 Å². The molecule has 42 heavy (non-hydrogen) atoms. The molecule has 1 fully saturated rings. The third-order valence-electron chi connectivity index (χ3n) is 6.16. The summed E-state index contributed by atoms with van der Waals surface area (Å²) in [5.74, 6) is -4.77. The fraction of sp³-hybridized carbons (Fsp3) is 0.346. The number of carboxylic acids is 2. The quantitative estimate of drug-likeness (QED) is 0.383. The highest BCUT2D eigenvalue weighted by molar-refractivity contribution is 6.30. The van der Waals surface area contributed by atoms with Gasteiger partial charge in [-0.1, -0.05) is 23.7 Å². The Morgan fingerprint density at radius 2 is 1.62 bits per heavy atom. The summed E-state index contributed by atoms with van der Waals surface area (Å²) in [6.07, 6.45) is -3.62. The van der Waals surface area contributed by atoms with Crippen LogP contribution < -0.4 is 0 Å². The molecule has 0 amide bonds. The van der Waals surface area contributed by atoms with E-state index in [2.05, 4.69) is 27.0 Å². The van der Waals surface area contributed by atoms with E-state index in [9.17, 15) is 26.3 Å². The molecule has 5 rings (SSSR count). The number of hydrogen-bond donors (Lipinski definition) is 2. The van der Waals surface area contributed by atoms with Crippen LogP contribution in [-0.4, -0.2) is 74.1 Å². The van der Waals surface area contributed by atoms with E-state index in [4.69, 9.17) is 41.1 Å². The van der Waals surface area contributed by atoms with Gasteiger partial charge in [0, 0.05) is 47.8 Å². The molecule has 1 aromatic carbocycles. The van der Waals surface area contributed by atoms with Crippen molar-refractivity contribution in [3.63, 3.8) is 0 Å². The minimum atomic E-state index is -5.08. The van der Waals surface area contributed by atoms with E-state index in [0.29, 0.717) is 13.2 Å². The van der Waals surface area contributed by atoms with Crippen LogP contribution >= 0.6 is 11.6 Å². The van der Waals surface area contributed by atoms with Crippen LogP contribution in [0.1, 0.15) is 23.2 Å². The Balaban J connectivity index is 0.000000289. The number of nitrogens with zero attached hydrogens (tertiary/aromatic N) is 4. The molecule has 1 saturated heterocycles. The molecule has 1 unspecified atom stereocenters. The number of ether oxygens (including phenoxy) is 1. The van der Waals surface area contributed by atoms with Gasteiger partial charge >= 0.3 is 24.3 Å². The predicted molar refractivity (Wildman–Crippen MR) is 135 cm³/mol. The van der Waals surface area contributed by atoms with Crippen molar-refractivity contribution in [3.05, 3.63) is 76.8 Å². The Hall–Kier alpha value is -3.82. The van der Waals surface area contributed by atoms with Gasteiger partial charge < -0.3 is 14.9 Å². The predicted octanol–water partition coefficient (Wildman–Crippen LogP) is 5.13. The number of hydrogen-bond acceptors (Lipinski definition) is 7. The lowest BCUT2D eigenvalue weighted by Gasteiger charge is -2.34. The number of alkyl halides is 6. The highest BCUT2D eigenvalue weighted by Crippen LogP contribution is 2.40. The number of carboxylic acid groups (broad SMARTS) is 2. The largest absolute Gasteiger partial charge is 0.490 e. The number of halogens is 7. The van der Waals surface area contributed by atoms with E-state index in [1.807, 2.05) is 36.7 Å². The molecule has 0 bridgehead atoms. The van der Waals surface area contributed by atoms with Gasteiger partial charge in [0.15, 0.2) is 5.82 Å². The summed E-state index contributed by atoms with van der Waals surface area (Å²) in [5, 5.41) is 15.0. The van der Waals surface area contributed by atoms with Crippen LogP contribution in [0.15, 0.2) is 55.0 Å². The number of carbonyl (C=O) groups is 2. The molecular formula is C26H23ClF6N4O5. The van der Waals surface area contributed by atoms with Crippen molar-refractivity contribution in [2.45, 2.75) is 37.3 Å². The second kappa shape index (κ2) is 13.4. The molecule has 0 radical (unpaired) electrons. The lowest BCUT2D eigenvalue weighted by Crippen LogP contribution is -2.40. The average Bonchev–Trinajstić information content (AvgIpc) is 3.33. The van der Waals surface area contributed by atoms with Crippen LogP contribution in [0.5, 0.6) is 0 Å². The number of pyridine rings is 1. The van der Waals surface area contributed by atoms with Gasteiger partial charge in [0.2, 0.25) is 0 Å². The molecule has 9 nitrogen and oxygen atoms in total. The van der Waals surface area contributed by atoms with Gasteiger partial charge in [-0.25, -0.2) is 19.6 Å². The summed E-state index contributed by atoms with van der Waals surface area (Å²) in [5.41, 5.74) is 4.40.